The molecule has 17 heavy (non-hydrogen) atoms. The van der Waals surface area contributed by atoms with Crippen LogP contribution >= 0.6 is 0 Å². The van der Waals surface area contributed by atoms with Crippen molar-refractivity contribution in [3.8, 4) is 5.88 Å². The average molecular weight is 234 g/mol. The number of nitrogens with zero attached hydrogens (tertiary/aromatic N) is 3. The summed E-state index contributed by atoms with van der Waals surface area (Å²) >= 11 is 0. The smallest absolute Gasteiger partial charge is 0.233 e. The van der Waals surface area contributed by atoms with Gasteiger partial charge in [0.25, 0.3) is 0 Å². The highest BCUT2D eigenvalue weighted by atomic mass is 16.5. The summed E-state index contributed by atoms with van der Waals surface area (Å²) in [6, 6.07) is 0.622. The lowest BCUT2D eigenvalue weighted by molar-refractivity contribution is 0.340. The number of rotatable bonds is 2. The zero-order valence-corrected chi connectivity index (χ0v) is 10.1. The second-order valence-corrected chi connectivity index (χ2v) is 4.79. The zero-order chi connectivity index (χ0) is 11.7. The maximum atomic E-state index is 5.12. The molecule has 1 aromatic rings. The van der Waals surface area contributed by atoms with E-state index in [-0.39, 0.29) is 0 Å². The van der Waals surface area contributed by atoms with Crippen LogP contribution in [0.25, 0.3) is 0 Å². The number of hydrogen-bond donors (Lipinski definition) is 1. The number of nitrogens with one attached hydrogen (secondary N) is 1. The molecule has 92 valence electrons. The molecule has 0 aliphatic carbocycles. The molecule has 5 heteroatoms. The zero-order valence-electron chi connectivity index (χ0n) is 10.1. The van der Waals surface area contributed by atoms with Gasteiger partial charge in [0.2, 0.25) is 5.88 Å². The van der Waals surface area contributed by atoms with Crippen molar-refractivity contribution in [1.82, 2.24) is 15.3 Å². The number of anilines is 1. The first-order valence-electron chi connectivity index (χ1n) is 6.21. The predicted molar refractivity (Wildman–Crippen MR) is 65.3 cm³/mol. The molecule has 3 heterocycles. The number of ether oxygens (including phenoxy) is 1. The largest absolute Gasteiger partial charge is 0.480 e. The minimum Gasteiger partial charge on any atom is -0.480 e. The van der Waals surface area contributed by atoms with E-state index >= 15 is 0 Å². The van der Waals surface area contributed by atoms with Gasteiger partial charge in [-0.1, -0.05) is 0 Å². The lowest BCUT2D eigenvalue weighted by atomic mass is 9.94. The molecule has 3 rings (SSSR count). The van der Waals surface area contributed by atoms with Crippen LogP contribution in [-0.2, 0) is 0 Å². The highest BCUT2D eigenvalue weighted by molar-refractivity contribution is 5.40. The molecule has 2 fully saturated rings. The normalized spacial score (nSPS) is 27.9. The van der Waals surface area contributed by atoms with Crippen LogP contribution in [0.2, 0.25) is 0 Å². The molecule has 2 aliphatic rings. The Morgan fingerprint density at radius 2 is 2.35 bits per heavy atom. The van der Waals surface area contributed by atoms with E-state index in [1.54, 1.807) is 13.3 Å². The highest BCUT2D eigenvalue weighted by Gasteiger charge is 2.34. The van der Waals surface area contributed by atoms with Crippen LogP contribution in [0, 0.1) is 5.92 Å². The molecule has 1 aromatic heterocycles. The van der Waals surface area contributed by atoms with Crippen molar-refractivity contribution in [1.29, 1.82) is 0 Å². The standard InChI is InChI=1S/C12H18N4O/c1-17-12-6-13-5-11(15-12)16-7-9-3-2-4-14-10(9)8-16/h5-6,9-10,14H,2-4,7-8H2,1H3/t9-,10+/m0/s1. The summed E-state index contributed by atoms with van der Waals surface area (Å²) in [7, 11) is 1.62. The van der Waals surface area contributed by atoms with Crippen molar-refractivity contribution >= 4 is 5.82 Å². The van der Waals surface area contributed by atoms with Crippen LogP contribution in [0.1, 0.15) is 12.8 Å². The first kappa shape index (κ1) is 10.8. The third kappa shape index (κ3) is 2.07. The third-order valence-corrected chi connectivity index (χ3v) is 3.73. The Morgan fingerprint density at radius 1 is 1.41 bits per heavy atom. The minimum atomic E-state index is 0.588. The number of piperidine rings is 1. The highest BCUT2D eigenvalue weighted by Crippen LogP contribution is 2.28. The Labute approximate surface area is 101 Å². The van der Waals surface area contributed by atoms with Crippen molar-refractivity contribution in [3.63, 3.8) is 0 Å². The molecule has 2 saturated heterocycles. The lowest BCUT2D eigenvalue weighted by Crippen LogP contribution is -2.40. The summed E-state index contributed by atoms with van der Waals surface area (Å²) in [5.41, 5.74) is 0. The van der Waals surface area contributed by atoms with Crippen LogP contribution in [0.15, 0.2) is 12.4 Å². The maximum absolute atomic E-state index is 5.12. The summed E-state index contributed by atoms with van der Waals surface area (Å²) < 4.78 is 5.12. The summed E-state index contributed by atoms with van der Waals surface area (Å²) in [5, 5.41) is 3.59. The molecule has 2 aliphatic heterocycles. The van der Waals surface area contributed by atoms with Gasteiger partial charge in [-0.25, -0.2) is 0 Å². The van der Waals surface area contributed by atoms with Crippen LogP contribution in [0.4, 0.5) is 5.82 Å². The van der Waals surface area contributed by atoms with Crippen LogP contribution in [-0.4, -0.2) is 42.8 Å². The molecule has 0 unspecified atom stereocenters. The van der Waals surface area contributed by atoms with E-state index < -0.39 is 0 Å². The van der Waals surface area contributed by atoms with E-state index in [1.165, 1.54) is 12.8 Å². The van der Waals surface area contributed by atoms with E-state index in [9.17, 15) is 0 Å². The monoisotopic (exact) mass is 234 g/mol. The Balaban J connectivity index is 1.76. The fourth-order valence-electron chi connectivity index (χ4n) is 2.82. The molecule has 1 N–H and O–H groups in total. The molecule has 0 amide bonds. The van der Waals surface area contributed by atoms with Gasteiger partial charge in [0.1, 0.15) is 0 Å². The quantitative estimate of drug-likeness (QED) is 0.815. The van der Waals surface area contributed by atoms with Gasteiger partial charge in [-0.3, -0.25) is 4.98 Å². The Bertz CT molecular complexity index is 384. The van der Waals surface area contributed by atoms with Gasteiger partial charge >= 0.3 is 0 Å². The van der Waals surface area contributed by atoms with Crippen LogP contribution in [0.3, 0.4) is 0 Å². The van der Waals surface area contributed by atoms with Gasteiger partial charge in [-0.2, -0.15) is 4.98 Å². The van der Waals surface area contributed by atoms with Gasteiger partial charge in [0.15, 0.2) is 5.82 Å². The van der Waals surface area contributed by atoms with E-state index in [0.717, 1.165) is 31.4 Å². The molecule has 0 bridgehead atoms. The molecule has 0 saturated carbocycles. The van der Waals surface area contributed by atoms with Crippen LogP contribution in [0.5, 0.6) is 5.88 Å². The summed E-state index contributed by atoms with van der Waals surface area (Å²) in [4.78, 5) is 10.9. The summed E-state index contributed by atoms with van der Waals surface area (Å²) in [5.74, 6) is 2.28. The first-order chi connectivity index (χ1) is 8.36. The number of fused-ring (bicyclic) bond motifs is 1. The minimum absolute atomic E-state index is 0.588. The summed E-state index contributed by atoms with van der Waals surface area (Å²) in [6.07, 6.45) is 6.08. The van der Waals surface area contributed by atoms with Gasteiger partial charge < -0.3 is 15.0 Å². The molecular weight excluding hydrogens is 216 g/mol. The Morgan fingerprint density at radius 3 is 3.18 bits per heavy atom. The van der Waals surface area contributed by atoms with E-state index in [2.05, 4.69) is 20.2 Å². The molecule has 0 spiro atoms. The molecular formula is C12H18N4O. The fourth-order valence-corrected chi connectivity index (χ4v) is 2.82. The first-order valence-corrected chi connectivity index (χ1v) is 6.21. The second kappa shape index (κ2) is 4.49. The van der Waals surface area contributed by atoms with Gasteiger partial charge in [0.05, 0.1) is 19.5 Å². The number of aromatic nitrogens is 2. The third-order valence-electron chi connectivity index (χ3n) is 3.73. The number of hydrogen-bond acceptors (Lipinski definition) is 5. The van der Waals surface area contributed by atoms with E-state index in [4.69, 9.17) is 4.74 Å². The Hall–Kier alpha value is -1.36. The van der Waals surface area contributed by atoms with Crippen molar-refractivity contribution in [2.75, 3.05) is 31.6 Å². The van der Waals surface area contributed by atoms with Gasteiger partial charge in [-0.15, -0.1) is 0 Å². The van der Waals surface area contributed by atoms with Crippen molar-refractivity contribution < 1.29 is 4.74 Å². The fraction of sp³-hybridized carbons (Fsp3) is 0.667. The SMILES string of the molecule is COc1cncc(N2C[C@@H]3CCCN[C@@H]3C2)n1. The van der Waals surface area contributed by atoms with Crippen molar-refractivity contribution in [3.05, 3.63) is 12.4 Å². The summed E-state index contributed by atoms with van der Waals surface area (Å²) in [6.45, 7) is 3.27. The maximum Gasteiger partial charge on any atom is 0.233 e. The molecule has 2 atom stereocenters. The lowest BCUT2D eigenvalue weighted by Gasteiger charge is -2.24. The van der Waals surface area contributed by atoms with Gasteiger partial charge in [0, 0.05) is 19.1 Å². The van der Waals surface area contributed by atoms with Crippen LogP contribution < -0.4 is 15.0 Å². The molecule has 0 radical (unpaired) electrons. The van der Waals surface area contributed by atoms with E-state index in [1.807, 2.05) is 6.20 Å². The molecule has 0 aromatic carbocycles. The van der Waals surface area contributed by atoms with E-state index in [0.29, 0.717) is 11.9 Å². The van der Waals surface area contributed by atoms with Crippen molar-refractivity contribution in [2.45, 2.75) is 18.9 Å². The predicted octanol–water partition coefficient (Wildman–Crippen LogP) is 0.673. The number of methoxy groups -OCH3 is 1. The average Bonchev–Trinajstić information content (AvgIpc) is 2.82. The molecule has 5 nitrogen and oxygen atoms in total. The Kier molecular flexibility index (Phi) is 2.84. The topological polar surface area (TPSA) is 50.3 Å². The van der Waals surface area contributed by atoms with Crippen molar-refractivity contribution in [2.24, 2.45) is 5.92 Å². The van der Waals surface area contributed by atoms with Gasteiger partial charge in [-0.05, 0) is 25.3 Å². The second-order valence-electron chi connectivity index (χ2n) is 4.79.